The van der Waals surface area contributed by atoms with Gasteiger partial charge in [0.15, 0.2) is 0 Å². The van der Waals surface area contributed by atoms with Crippen LogP contribution in [-0.4, -0.2) is 19.1 Å². The van der Waals surface area contributed by atoms with Gasteiger partial charge in [-0.3, -0.25) is 0 Å². The number of hydrogen-bond donors (Lipinski definition) is 1. The molecule has 1 N–H and O–H groups in total. The summed E-state index contributed by atoms with van der Waals surface area (Å²) >= 11 is 2.96. The lowest BCUT2D eigenvalue weighted by atomic mass is 10.0. The second kappa shape index (κ2) is 4.75. The highest BCUT2D eigenvalue weighted by atomic mass is 79.9. The maximum Gasteiger partial charge on any atom is 0.221 e. The molecule has 0 radical (unpaired) electrons. The summed E-state index contributed by atoms with van der Waals surface area (Å²) in [5.41, 5.74) is 0. The lowest BCUT2D eigenvalue weighted by Gasteiger charge is -2.19. The minimum Gasteiger partial charge on any atom is -0.212 e. The molecule has 1 atom stereocenters. The third-order valence-electron chi connectivity index (χ3n) is 2.62. The van der Waals surface area contributed by atoms with Crippen molar-refractivity contribution in [3.63, 3.8) is 0 Å². The molecule has 0 spiro atoms. The van der Waals surface area contributed by atoms with Crippen molar-refractivity contribution in [2.75, 3.05) is 4.66 Å². The lowest BCUT2D eigenvalue weighted by molar-refractivity contribution is 0.425. The number of nitrogens with one attached hydrogen (secondary N) is 1. The van der Waals surface area contributed by atoms with Crippen molar-refractivity contribution in [3.05, 3.63) is 0 Å². The van der Waals surface area contributed by atoms with E-state index in [1.807, 2.05) is 6.92 Å². The SMILES string of the molecule is C[C@@H](NS(=O)(=O)CBr)C1CCCC1. The third kappa shape index (κ3) is 3.56. The Kier molecular flexibility index (Phi) is 4.19. The Morgan fingerprint density at radius 2 is 2.00 bits per heavy atom. The molecule has 0 aromatic carbocycles. The zero-order chi connectivity index (χ0) is 9.90. The molecule has 78 valence electrons. The van der Waals surface area contributed by atoms with E-state index in [1.165, 1.54) is 12.8 Å². The Labute approximate surface area is 88.5 Å². The molecule has 0 bridgehead atoms. The van der Waals surface area contributed by atoms with E-state index in [2.05, 4.69) is 20.7 Å². The molecule has 13 heavy (non-hydrogen) atoms. The van der Waals surface area contributed by atoms with E-state index in [4.69, 9.17) is 0 Å². The van der Waals surface area contributed by atoms with Crippen molar-refractivity contribution >= 4 is 26.0 Å². The largest absolute Gasteiger partial charge is 0.221 e. The van der Waals surface area contributed by atoms with Gasteiger partial charge in [-0.15, -0.1) is 0 Å². The molecule has 1 aliphatic rings. The van der Waals surface area contributed by atoms with Crippen LogP contribution in [-0.2, 0) is 10.0 Å². The fourth-order valence-electron chi connectivity index (χ4n) is 1.87. The monoisotopic (exact) mass is 269 g/mol. The molecule has 0 heterocycles. The van der Waals surface area contributed by atoms with Crippen LogP contribution in [0.15, 0.2) is 0 Å². The number of sulfonamides is 1. The average molecular weight is 270 g/mol. The van der Waals surface area contributed by atoms with Gasteiger partial charge in [0.25, 0.3) is 0 Å². The van der Waals surface area contributed by atoms with Crippen molar-refractivity contribution < 1.29 is 8.42 Å². The Bertz CT molecular complexity index is 247. The van der Waals surface area contributed by atoms with Crippen molar-refractivity contribution in [2.45, 2.75) is 38.6 Å². The van der Waals surface area contributed by atoms with Gasteiger partial charge in [0, 0.05) is 6.04 Å². The highest BCUT2D eigenvalue weighted by Crippen LogP contribution is 2.27. The summed E-state index contributed by atoms with van der Waals surface area (Å²) in [7, 11) is -3.09. The fraction of sp³-hybridized carbons (Fsp3) is 1.00. The van der Waals surface area contributed by atoms with Crippen LogP contribution in [0, 0.1) is 5.92 Å². The van der Waals surface area contributed by atoms with Crippen molar-refractivity contribution in [2.24, 2.45) is 5.92 Å². The summed E-state index contributed by atoms with van der Waals surface area (Å²) in [5, 5.41) is 0. The summed E-state index contributed by atoms with van der Waals surface area (Å²) in [4.78, 5) is 0. The zero-order valence-electron chi connectivity index (χ0n) is 7.79. The predicted molar refractivity (Wildman–Crippen MR) is 57.3 cm³/mol. The molecule has 0 amide bonds. The molecule has 1 aliphatic carbocycles. The van der Waals surface area contributed by atoms with E-state index in [0.29, 0.717) is 5.92 Å². The summed E-state index contributed by atoms with van der Waals surface area (Å²) in [5.74, 6) is 0.536. The Morgan fingerprint density at radius 1 is 1.46 bits per heavy atom. The van der Waals surface area contributed by atoms with Crippen LogP contribution in [0.5, 0.6) is 0 Å². The van der Waals surface area contributed by atoms with Gasteiger partial charge in [0.05, 0.1) is 0 Å². The molecule has 0 saturated heterocycles. The lowest BCUT2D eigenvalue weighted by Crippen LogP contribution is -2.37. The van der Waals surface area contributed by atoms with Gasteiger partial charge in [-0.25, -0.2) is 13.1 Å². The minimum absolute atomic E-state index is 0.00292. The van der Waals surface area contributed by atoms with Crippen LogP contribution < -0.4 is 4.72 Å². The smallest absolute Gasteiger partial charge is 0.212 e. The third-order valence-corrected chi connectivity index (χ3v) is 5.44. The van der Waals surface area contributed by atoms with Crippen LogP contribution in [0.25, 0.3) is 0 Å². The molecule has 3 nitrogen and oxygen atoms in total. The second-order valence-corrected chi connectivity index (χ2v) is 6.73. The molecular formula is C8H16BrNO2S. The standard InChI is InChI=1S/C8H16BrNO2S/c1-7(8-4-2-3-5-8)10-13(11,12)6-9/h7-8,10H,2-6H2,1H3/t7-/m1/s1. The van der Waals surface area contributed by atoms with Gasteiger partial charge in [-0.1, -0.05) is 28.8 Å². The first-order valence-electron chi connectivity index (χ1n) is 4.61. The minimum atomic E-state index is -3.09. The van der Waals surface area contributed by atoms with Crippen LogP contribution in [0.1, 0.15) is 32.6 Å². The predicted octanol–water partition coefficient (Wildman–Crippen LogP) is 1.84. The van der Waals surface area contributed by atoms with Crippen LogP contribution in [0.3, 0.4) is 0 Å². The molecule has 1 rings (SSSR count). The molecule has 0 aromatic heterocycles. The summed E-state index contributed by atoms with van der Waals surface area (Å²) in [6, 6.07) is 0.0880. The van der Waals surface area contributed by atoms with E-state index >= 15 is 0 Å². The van der Waals surface area contributed by atoms with Gasteiger partial charge in [-0.05, 0) is 25.7 Å². The number of halogens is 1. The van der Waals surface area contributed by atoms with Gasteiger partial charge in [0.2, 0.25) is 10.0 Å². The van der Waals surface area contributed by atoms with E-state index < -0.39 is 10.0 Å². The van der Waals surface area contributed by atoms with Crippen molar-refractivity contribution in [3.8, 4) is 0 Å². The highest BCUT2D eigenvalue weighted by Gasteiger charge is 2.24. The van der Waals surface area contributed by atoms with E-state index in [0.717, 1.165) is 12.8 Å². The van der Waals surface area contributed by atoms with Crippen LogP contribution >= 0.6 is 15.9 Å². The number of hydrogen-bond acceptors (Lipinski definition) is 2. The summed E-state index contributed by atoms with van der Waals surface area (Å²) in [6.45, 7) is 1.95. The second-order valence-electron chi connectivity index (χ2n) is 3.67. The van der Waals surface area contributed by atoms with Gasteiger partial charge in [-0.2, -0.15) is 0 Å². The first kappa shape index (κ1) is 11.5. The van der Waals surface area contributed by atoms with Gasteiger partial charge < -0.3 is 0 Å². The van der Waals surface area contributed by atoms with Crippen LogP contribution in [0.2, 0.25) is 0 Å². The Hall–Kier alpha value is 0.390. The first-order valence-corrected chi connectivity index (χ1v) is 7.38. The van der Waals surface area contributed by atoms with Gasteiger partial charge in [0.1, 0.15) is 4.66 Å². The summed E-state index contributed by atoms with van der Waals surface area (Å²) in [6.07, 6.45) is 4.80. The topological polar surface area (TPSA) is 46.2 Å². The van der Waals surface area contributed by atoms with E-state index in [-0.39, 0.29) is 10.7 Å². The Morgan fingerprint density at radius 3 is 2.46 bits per heavy atom. The summed E-state index contributed by atoms with van der Waals surface area (Å²) < 4.78 is 25.1. The molecule has 1 fully saturated rings. The quantitative estimate of drug-likeness (QED) is 0.792. The van der Waals surface area contributed by atoms with Crippen molar-refractivity contribution in [1.29, 1.82) is 0 Å². The maximum atomic E-state index is 11.2. The number of rotatable bonds is 4. The fourth-order valence-corrected chi connectivity index (χ4v) is 3.09. The van der Waals surface area contributed by atoms with Crippen LogP contribution in [0.4, 0.5) is 0 Å². The molecule has 0 aromatic rings. The average Bonchev–Trinajstić information content (AvgIpc) is 2.55. The first-order chi connectivity index (χ1) is 6.05. The highest BCUT2D eigenvalue weighted by molar-refractivity contribution is 9.10. The molecular weight excluding hydrogens is 254 g/mol. The van der Waals surface area contributed by atoms with Crippen molar-refractivity contribution in [1.82, 2.24) is 4.72 Å². The molecule has 1 saturated carbocycles. The molecule has 5 heteroatoms. The van der Waals surface area contributed by atoms with E-state index in [1.54, 1.807) is 0 Å². The van der Waals surface area contributed by atoms with Gasteiger partial charge >= 0.3 is 0 Å². The zero-order valence-corrected chi connectivity index (χ0v) is 10.2. The molecule has 0 unspecified atom stereocenters. The van der Waals surface area contributed by atoms with E-state index in [9.17, 15) is 8.42 Å². The number of alkyl halides is 1. The molecule has 0 aliphatic heterocycles. The maximum absolute atomic E-state index is 11.2. The Balaban J connectivity index is 2.44. The normalized spacial score (nSPS) is 22.0.